The number of pyridine rings is 1. The number of aromatic nitrogens is 3. The van der Waals surface area contributed by atoms with Crippen LogP contribution in [0.4, 0.5) is 11.8 Å². The summed E-state index contributed by atoms with van der Waals surface area (Å²) in [6.07, 6.45) is 5.96. The number of rotatable bonds is 7. The molecule has 0 aliphatic rings. The molecule has 0 saturated carbocycles. The number of para-hydroxylation sites is 1. The predicted octanol–water partition coefficient (Wildman–Crippen LogP) is 2.69. The second-order valence-electron chi connectivity index (χ2n) is 5.22. The van der Waals surface area contributed by atoms with Crippen molar-refractivity contribution in [3.05, 3.63) is 72.2 Å². The number of hydrogen-bond donors (Lipinski definition) is 2. The monoisotopic (exact) mass is 321 g/mol. The summed E-state index contributed by atoms with van der Waals surface area (Å²) in [4.78, 5) is 12.4. The molecule has 0 bridgehead atoms. The standard InChI is InChI=1S/C18H19N5O/c19-18-22-13-15(8-11-24-16-4-2-1-3-5-16)17(23-18)21-12-14-6-9-20-10-7-14/h1-7,9-10,13H,8,11-12H2,(H3,19,21,22,23). The number of ether oxygens (including phenoxy) is 1. The van der Waals surface area contributed by atoms with Crippen molar-refractivity contribution in [2.24, 2.45) is 0 Å². The largest absolute Gasteiger partial charge is 0.493 e. The Hall–Kier alpha value is -3.15. The molecule has 0 radical (unpaired) electrons. The second kappa shape index (κ2) is 7.92. The van der Waals surface area contributed by atoms with E-state index in [-0.39, 0.29) is 5.95 Å². The van der Waals surface area contributed by atoms with Crippen LogP contribution in [0.25, 0.3) is 0 Å². The molecule has 6 heteroatoms. The quantitative estimate of drug-likeness (QED) is 0.696. The zero-order valence-corrected chi connectivity index (χ0v) is 13.2. The molecule has 0 aliphatic carbocycles. The van der Waals surface area contributed by atoms with Crippen molar-refractivity contribution >= 4 is 11.8 Å². The average molecular weight is 321 g/mol. The van der Waals surface area contributed by atoms with Crippen LogP contribution in [0.15, 0.2) is 61.1 Å². The number of nitrogen functional groups attached to an aromatic ring is 1. The third-order valence-electron chi connectivity index (χ3n) is 3.48. The summed E-state index contributed by atoms with van der Waals surface area (Å²) < 4.78 is 5.74. The SMILES string of the molecule is Nc1ncc(CCOc2ccccc2)c(NCc2ccncc2)n1. The topological polar surface area (TPSA) is 86.0 Å². The van der Waals surface area contributed by atoms with Gasteiger partial charge >= 0.3 is 0 Å². The Bertz CT molecular complexity index is 765. The molecule has 3 rings (SSSR count). The Morgan fingerprint density at radius 1 is 1.04 bits per heavy atom. The van der Waals surface area contributed by atoms with Crippen LogP contribution >= 0.6 is 0 Å². The van der Waals surface area contributed by atoms with E-state index < -0.39 is 0 Å². The van der Waals surface area contributed by atoms with Crippen LogP contribution in [0, 0.1) is 0 Å². The molecule has 24 heavy (non-hydrogen) atoms. The Kier molecular flexibility index (Phi) is 5.19. The number of hydrogen-bond acceptors (Lipinski definition) is 6. The Balaban J connectivity index is 1.62. The van der Waals surface area contributed by atoms with Crippen LogP contribution in [0.1, 0.15) is 11.1 Å². The van der Waals surface area contributed by atoms with Gasteiger partial charge in [0.15, 0.2) is 0 Å². The summed E-state index contributed by atoms with van der Waals surface area (Å²) in [6, 6.07) is 13.6. The zero-order chi connectivity index (χ0) is 16.6. The predicted molar refractivity (Wildman–Crippen MR) is 93.6 cm³/mol. The fourth-order valence-corrected chi connectivity index (χ4v) is 2.24. The van der Waals surface area contributed by atoms with Gasteiger partial charge in [-0.15, -0.1) is 0 Å². The smallest absolute Gasteiger partial charge is 0.221 e. The van der Waals surface area contributed by atoms with Gasteiger partial charge < -0.3 is 15.8 Å². The van der Waals surface area contributed by atoms with Crippen LogP contribution in [0.2, 0.25) is 0 Å². The van der Waals surface area contributed by atoms with Crippen LogP contribution in [-0.4, -0.2) is 21.6 Å². The zero-order valence-electron chi connectivity index (χ0n) is 13.2. The molecular formula is C18H19N5O. The van der Waals surface area contributed by atoms with Gasteiger partial charge in [0.05, 0.1) is 6.61 Å². The van der Waals surface area contributed by atoms with Gasteiger partial charge in [0.2, 0.25) is 5.95 Å². The first-order chi connectivity index (χ1) is 11.8. The molecule has 6 nitrogen and oxygen atoms in total. The number of anilines is 2. The van der Waals surface area contributed by atoms with Gasteiger partial charge in [-0.2, -0.15) is 4.98 Å². The van der Waals surface area contributed by atoms with E-state index in [1.54, 1.807) is 18.6 Å². The van der Waals surface area contributed by atoms with Gasteiger partial charge in [-0.05, 0) is 29.8 Å². The molecule has 0 saturated heterocycles. The third kappa shape index (κ3) is 4.42. The van der Waals surface area contributed by atoms with E-state index >= 15 is 0 Å². The first-order valence-corrected chi connectivity index (χ1v) is 7.73. The van der Waals surface area contributed by atoms with E-state index in [0.29, 0.717) is 19.6 Å². The highest BCUT2D eigenvalue weighted by Crippen LogP contribution is 2.16. The van der Waals surface area contributed by atoms with Gasteiger partial charge in [0.1, 0.15) is 11.6 Å². The number of nitrogens with zero attached hydrogens (tertiary/aromatic N) is 3. The van der Waals surface area contributed by atoms with Crippen molar-refractivity contribution in [2.45, 2.75) is 13.0 Å². The highest BCUT2D eigenvalue weighted by molar-refractivity contribution is 5.46. The van der Waals surface area contributed by atoms with Crippen LogP contribution in [0.3, 0.4) is 0 Å². The lowest BCUT2D eigenvalue weighted by molar-refractivity contribution is 0.322. The van der Waals surface area contributed by atoms with Crippen molar-refractivity contribution in [3.8, 4) is 5.75 Å². The molecule has 0 unspecified atom stereocenters. The normalized spacial score (nSPS) is 10.3. The summed E-state index contributed by atoms with van der Waals surface area (Å²) in [5.41, 5.74) is 7.80. The maximum Gasteiger partial charge on any atom is 0.221 e. The Morgan fingerprint density at radius 2 is 1.83 bits per heavy atom. The molecule has 2 heterocycles. The number of nitrogens with two attached hydrogens (primary N) is 1. The summed E-state index contributed by atoms with van der Waals surface area (Å²) >= 11 is 0. The molecule has 3 aromatic rings. The average Bonchev–Trinajstić information content (AvgIpc) is 2.63. The molecule has 0 fully saturated rings. The van der Waals surface area contributed by atoms with Gasteiger partial charge in [-0.25, -0.2) is 4.98 Å². The fourth-order valence-electron chi connectivity index (χ4n) is 2.24. The summed E-state index contributed by atoms with van der Waals surface area (Å²) in [5.74, 6) is 1.83. The molecule has 0 amide bonds. The highest BCUT2D eigenvalue weighted by atomic mass is 16.5. The Labute approximate surface area is 140 Å². The minimum absolute atomic E-state index is 0.250. The van der Waals surface area contributed by atoms with Gasteiger partial charge in [-0.3, -0.25) is 4.98 Å². The van der Waals surface area contributed by atoms with Gasteiger partial charge in [0, 0.05) is 37.1 Å². The van der Waals surface area contributed by atoms with E-state index in [4.69, 9.17) is 10.5 Å². The summed E-state index contributed by atoms with van der Waals surface area (Å²) in [6.45, 7) is 1.19. The van der Waals surface area contributed by atoms with Crippen LogP contribution < -0.4 is 15.8 Å². The van der Waals surface area contributed by atoms with Crippen molar-refractivity contribution in [1.29, 1.82) is 0 Å². The molecule has 0 spiro atoms. The third-order valence-corrected chi connectivity index (χ3v) is 3.48. The minimum Gasteiger partial charge on any atom is -0.493 e. The van der Waals surface area contributed by atoms with Gasteiger partial charge in [0.25, 0.3) is 0 Å². The van der Waals surface area contributed by atoms with E-state index in [0.717, 1.165) is 22.7 Å². The first kappa shape index (κ1) is 15.7. The van der Waals surface area contributed by atoms with Crippen molar-refractivity contribution in [3.63, 3.8) is 0 Å². The molecule has 0 atom stereocenters. The Morgan fingerprint density at radius 3 is 2.62 bits per heavy atom. The molecule has 0 aliphatic heterocycles. The maximum absolute atomic E-state index is 5.74. The van der Waals surface area contributed by atoms with Crippen LogP contribution in [-0.2, 0) is 13.0 Å². The summed E-state index contributed by atoms with van der Waals surface area (Å²) in [7, 11) is 0. The lowest BCUT2D eigenvalue weighted by Crippen LogP contribution is -2.10. The van der Waals surface area contributed by atoms with Crippen LogP contribution in [0.5, 0.6) is 5.75 Å². The molecule has 3 N–H and O–H groups in total. The molecule has 2 aromatic heterocycles. The lowest BCUT2D eigenvalue weighted by Gasteiger charge is -2.12. The number of benzene rings is 1. The molecule has 1 aromatic carbocycles. The second-order valence-corrected chi connectivity index (χ2v) is 5.22. The van der Waals surface area contributed by atoms with Gasteiger partial charge in [-0.1, -0.05) is 18.2 Å². The lowest BCUT2D eigenvalue weighted by atomic mass is 10.2. The maximum atomic E-state index is 5.74. The first-order valence-electron chi connectivity index (χ1n) is 7.73. The van der Waals surface area contributed by atoms with Crippen molar-refractivity contribution < 1.29 is 4.74 Å². The van der Waals surface area contributed by atoms with E-state index in [1.807, 2.05) is 42.5 Å². The fraction of sp³-hybridized carbons (Fsp3) is 0.167. The molecule has 122 valence electrons. The van der Waals surface area contributed by atoms with E-state index in [1.165, 1.54) is 0 Å². The van der Waals surface area contributed by atoms with Crippen molar-refractivity contribution in [1.82, 2.24) is 15.0 Å². The number of nitrogens with one attached hydrogen (secondary N) is 1. The molecular weight excluding hydrogens is 302 g/mol. The summed E-state index contributed by atoms with van der Waals surface area (Å²) in [5, 5.41) is 3.30. The minimum atomic E-state index is 0.250. The highest BCUT2D eigenvalue weighted by Gasteiger charge is 2.07. The van der Waals surface area contributed by atoms with E-state index in [2.05, 4.69) is 20.3 Å². The van der Waals surface area contributed by atoms with Crippen molar-refractivity contribution in [2.75, 3.05) is 17.7 Å². The van der Waals surface area contributed by atoms with E-state index in [9.17, 15) is 0 Å².